The summed E-state index contributed by atoms with van der Waals surface area (Å²) in [7, 11) is -3.56. The highest BCUT2D eigenvalue weighted by Crippen LogP contribution is 2.31. The van der Waals surface area contributed by atoms with Crippen LogP contribution in [0.2, 0.25) is 0 Å². The molecule has 0 radical (unpaired) electrons. The molecule has 0 spiro atoms. The minimum Gasteiger partial charge on any atom is -0.282 e. The van der Waals surface area contributed by atoms with Gasteiger partial charge in [-0.15, -0.1) is 0 Å². The van der Waals surface area contributed by atoms with Crippen LogP contribution in [0.15, 0.2) is 35.4 Å². The third-order valence-electron chi connectivity index (χ3n) is 3.88. The van der Waals surface area contributed by atoms with E-state index >= 15 is 0 Å². The van der Waals surface area contributed by atoms with E-state index in [4.69, 9.17) is 0 Å². The van der Waals surface area contributed by atoms with Gasteiger partial charge in [0.15, 0.2) is 0 Å². The van der Waals surface area contributed by atoms with Gasteiger partial charge in [-0.1, -0.05) is 0 Å². The summed E-state index contributed by atoms with van der Waals surface area (Å²) in [4.78, 5) is 0.130. The van der Waals surface area contributed by atoms with Gasteiger partial charge in [0.05, 0.1) is 11.1 Å². The van der Waals surface area contributed by atoms with E-state index in [0.717, 1.165) is 17.7 Å². The van der Waals surface area contributed by atoms with Gasteiger partial charge >= 0.3 is 0 Å². The van der Waals surface area contributed by atoms with Crippen molar-refractivity contribution in [3.63, 3.8) is 0 Å². The molecule has 1 atom stereocenters. The molecule has 0 unspecified atom stereocenters. The van der Waals surface area contributed by atoms with Crippen molar-refractivity contribution in [3.8, 4) is 0 Å². The number of aromatic amines is 1. The SMILES string of the molecule is Cc1cn[nH]c1[C@H]1CCN(S(=O)(=O)c2ccc(F)cc2)C1. The molecule has 21 heavy (non-hydrogen) atoms. The first-order valence-corrected chi connectivity index (χ1v) is 8.18. The van der Waals surface area contributed by atoms with Crippen LogP contribution in [0, 0.1) is 12.7 Å². The highest BCUT2D eigenvalue weighted by atomic mass is 32.2. The molecule has 112 valence electrons. The minimum absolute atomic E-state index is 0.128. The number of aryl methyl sites for hydroxylation is 1. The standard InChI is InChI=1S/C14H16FN3O2S/c1-10-8-16-17-14(10)11-6-7-18(9-11)21(19,20)13-4-2-12(15)3-5-13/h2-5,8,11H,6-7,9H2,1H3,(H,16,17)/t11-/m0/s1. The van der Waals surface area contributed by atoms with Gasteiger partial charge in [0.2, 0.25) is 10.0 Å². The van der Waals surface area contributed by atoms with Crippen LogP contribution in [0.3, 0.4) is 0 Å². The van der Waals surface area contributed by atoms with Gasteiger partial charge < -0.3 is 0 Å². The molecular weight excluding hydrogens is 293 g/mol. The molecule has 5 nitrogen and oxygen atoms in total. The van der Waals surface area contributed by atoms with Gasteiger partial charge in [0.1, 0.15) is 5.82 Å². The molecule has 7 heteroatoms. The topological polar surface area (TPSA) is 66.1 Å². The lowest BCUT2D eigenvalue weighted by atomic mass is 10.0. The summed E-state index contributed by atoms with van der Waals surface area (Å²) in [5.74, 6) is -0.316. The Morgan fingerprint density at radius 1 is 1.33 bits per heavy atom. The van der Waals surface area contributed by atoms with Crippen molar-refractivity contribution < 1.29 is 12.8 Å². The van der Waals surface area contributed by atoms with Crippen LogP contribution in [0.25, 0.3) is 0 Å². The van der Waals surface area contributed by atoms with Crippen LogP contribution in [-0.4, -0.2) is 36.0 Å². The summed E-state index contributed by atoms with van der Waals surface area (Å²) >= 11 is 0. The average molecular weight is 309 g/mol. The first-order chi connectivity index (χ1) is 9.98. The third-order valence-corrected chi connectivity index (χ3v) is 5.76. The summed E-state index contributed by atoms with van der Waals surface area (Å²) in [5.41, 5.74) is 2.04. The second-order valence-corrected chi connectivity index (χ2v) is 7.21. The predicted molar refractivity (Wildman–Crippen MR) is 75.8 cm³/mol. The Morgan fingerprint density at radius 3 is 2.67 bits per heavy atom. The number of sulfonamides is 1. The summed E-state index contributed by atoms with van der Waals surface area (Å²) in [6, 6.07) is 4.94. The summed E-state index contributed by atoms with van der Waals surface area (Å²) in [6.45, 7) is 2.83. The van der Waals surface area contributed by atoms with Crippen molar-refractivity contribution in [2.75, 3.05) is 13.1 Å². The second-order valence-electron chi connectivity index (χ2n) is 5.27. The Morgan fingerprint density at radius 2 is 2.05 bits per heavy atom. The van der Waals surface area contributed by atoms with Gasteiger partial charge in [-0.05, 0) is 43.2 Å². The predicted octanol–water partition coefficient (Wildman–Crippen LogP) is 2.04. The number of hydrogen-bond acceptors (Lipinski definition) is 3. The van der Waals surface area contributed by atoms with E-state index in [0.29, 0.717) is 13.1 Å². The lowest BCUT2D eigenvalue weighted by Crippen LogP contribution is -2.28. The monoisotopic (exact) mass is 309 g/mol. The van der Waals surface area contributed by atoms with E-state index in [2.05, 4.69) is 10.2 Å². The Balaban J connectivity index is 1.82. The molecule has 0 amide bonds. The van der Waals surface area contributed by atoms with Gasteiger partial charge in [-0.2, -0.15) is 9.40 Å². The van der Waals surface area contributed by atoms with Crippen molar-refractivity contribution in [1.29, 1.82) is 0 Å². The molecule has 3 rings (SSSR count). The molecular formula is C14H16FN3O2S. The molecule has 1 aliphatic rings. The Bertz CT molecular complexity index is 740. The molecule has 1 aromatic carbocycles. The maximum absolute atomic E-state index is 12.9. The number of rotatable bonds is 3. The Hall–Kier alpha value is -1.73. The highest BCUT2D eigenvalue weighted by molar-refractivity contribution is 7.89. The minimum atomic E-state index is -3.56. The van der Waals surface area contributed by atoms with E-state index in [1.807, 2.05) is 6.92 Å². The fourth-order valence-electron chi connectivity index (χ4n) is 2.71. The van der Waals surface area contributed by atoms with Crippen LogP contribution >= 0.6 is 0 Å². The van der Waals surface area contributed by atoms with Crippen LogP contribution in [0.5, 0.6) is 0 Å². The van der Waals surface area contributed by atoms with E-state index in [-0.39, 0.29) is 10.8 Å². The number of H-pyrrole nitrogens is 1. The highest BCUT2D eigenvalue weighted by Gasteiger charge is 2.34. The second kappa shape index (κ2) is 5.23. The Labute approximate surface area is 122 Å². The quantitative estimate of drug-likeness (QED) is 0.943. The van der Waals surface area contributed by atoms with E-state index in [1.165, 1.54) is 28.6 Å². The van der Waals surface area contributed by atoms with Crippen molar-refractivity contribution in [2.24, 2.45) is 0 Å². The number of benzene rings is 1. The lowest BCUT2D eigenvalue weighted by molar-refractivity contribution is 0.471. The fourth-order valence-corrected chi connectivity index (χ4v) is 4.21. The maximum Gasteiger partial charge on any atom is 0.243 e. The lowest BCUT2D eigenvalue weighted by Gasteiger charge is -2.16. The number of nitrogens with one attached hydrogen (secondary N) is 1. The third kappa shape index (κ3) is 2.58. The van der Waals surface area contributed by atoms with Crippen molar-refractivity contribution in [2.45, 2.75) is 24.2 Å². The smallest absolute Gasteiger partial charge is 0.243 e. The number of nitrogens with zero attached hydrogens (tertiary/aromatic N) is 2. The van der Waals surface area contributed by atoms with Crippen molar-refractivity contribution in [1.82, 2.24) is 14.5 Å². The Kier molecular flexibility index (Phi) is 3.54. The van der Waals surface area contributed by atoms with E-state index in [1.54, 1.807) is 6.20 Å². The number of aromatic nitrogens is 2. The van der Waals surface area contributed by atoms with Crippen molar-refractivity contribution in [3.05, 3.63) is 47.5 Å². The average Bonchev–Trinajstić information content (AvgIpc) is 3.07. The summed E-state index contributed by atoms with van der Waals surface area (Å²) < 4.78 is 39.4. The molecule has 1 aliphatic heterocycles. The van der Waals surface area contributed by atoms with Gasteiger partial charge in [0.25, 0.3) is 0 Å². The van der Waals surface area contributed by atoms with Gasteiger partial charge in [0, 0.05) is 24.7 Å². The molecule has 0 aliphatic carbocycles. The van der Waals surface area contributed by atoms with Crippen molar-refractivity contribution >= 4 is 10.0 Å². The molecule has 2 aromatic rings. The zero-order valence-electron chi connectivity index (χ0n) is 11.6. The summed E-state index contributed by atoms with van der Waals surface area (Å²) in [6.07, 6.45) is 2.50. The zero-order valence-corrected chi connectivity index (χ0v) is 12.4. The molecule has 1 fully saturated rings. The first-order valence-electron chi connectivity index (χ1n) is 6.74. The normalized spacial score (nSPS) is 20.0. The molecule has 2 heterocycles. The largest absolute Gasteiger partial charge is 0.282 e. The van der Waals surface area contributed by atoms with E-state index < -0.39 is 15.8 Å². The van der Waals surface area contributed by atoms with Crippen LogP contribution in [-0.2, 0) is 10.0 Å². The van der Waals surface area contributed by atoms with Crippen LogP contribution < -0.4 is 0 Å². The maximum atomic E-state index is 12.9. The van der Waals surface area contributed by atoms with E-state index in [9.17, 15) is 12.8 Å². The number of hydrogen-bond donors (Lipinski definition) is 1. The zero-order chi connectivity index (χ0) is 15.0. The van der Waals surface area contributed by atoms with Crippen LogP contribution in [0.1, 0.15) is 23.6 Å². The molecule has 1 aromatic heterocycles. The molecule has 0 saturated carbocycles. The van der Waals surface area contributed by atoms with Gasteiger partial charge in [-0.3, -0.25) is 5.10 Å². The molecule has 1 N–H and O–H groups in total. The summed E-state index contributed by atoms with van der Waals surface area (Å²) in [5, 5.41) is 6.93. The first kappa shape index (κ1) is 14.2. The molecule has 1 saturated heterocycles. The van der Waals surface area contributed by atoms with Crippen LogP contribution in [0.4, 0.5) is 4.39 Å². The number of halogens is 1. The fraction of sp³-hybridized carbons (Fsp3) is 0.357. The molecule has 0 bridgehead atoms. The van der Waals surface area contributed by atoms with Gasteiger partial charge in [-0.25, -0.2) is 12.8 Å².